The number of fused-ring (bicyclic) bond motifs is 4. The molecule has 0 bridgehead atoms. The Morgan fingerprint density at radius 1 is 0.662 bits per heavy atom. The topological polar surface area (TPSA) is 219 Å². The van der Waals surface area contributed by atoms with Gasteiger partial charge in [-0.2, -0.15) is 0 Å². The Bertz CT molecular complexity index is 2080. The molecule has 20 heteroatoms. The van der Waals surface area contributed by atoms with Crippen molar-refractivity contribution in [2.75, 3.05) is 84.9 Å². The van der Waals surface area contributed by atoms with E-state index in [9.17, 15) is 33.9 Å². The summed E-state index contributed by atoms with van der Waals surface area (Å²) in [4.78, 5) is 81.0. The zero-order valence-corrected chi connectivity index (χ0v) is 37.4. The van der Waals surface area contributed by atoms with E-state index < -0.39 is 30.7 Å². The Kier molecular flexibility index (Phi) is 17.8. The van der Waals surface area contributed by atoms with E-state index in [0.29, 0.717) is 61.7 Å². The summed E-state index contributed by atoms with van der Waals surface area (Å²) in [5.41, 5.74) is 0.951. The number of nitrogens with zero attached hydrogens (tertiary/aromatic N) is 4. The molecule has 2 aromatic carbocycles. The average Bonchev–Trinajstić information content (AvgIpc) is 3.99. The van der Waals surface area contributed by atoms with Gasteiger partial charge in [-0.1, -0.05) is 25.3 Å². The van der Waals surface area contributed by atoms with Crippen molar-refractivity contribution in [3.63, 3.8) is 0 Å². The van der Waals surface area contributed by atoms with Crippen LogP contribution in [-0.2, 0) is 33.3 Å². The first-order valence-corrected chi connectivity index (χ1v) is 21.2. The molecule has 4 aliphatic rings. The van der Waals surface area contributed by atoms with Crippen LogP contribution in [0.4, 0.5) is 21.0 Å². The van der Waals surface area contributed by atoms with Gasteiger partial charge in [-0.25, -0.2) is 19.4 Å². The van der Waals surface area contributed by atoms with Gasteiger partial charge in [0, 0.05) is 45.2 Å². The van der Waals surface area contributed by atoms with Crippen LogP contribution in [0.1, 0.15) is 72.1 Å². The zero-order chi connectivity index (χ0) is 47.2. The molecule has 4 atom stereocenters. The third kappa shape index (κ3) is 11.2. The van der Waals surface area contributed by atoms with Crippen molar-refractivity contribution in [2.45, 2.75) is 75.9 Å². The monoisotopic (exact) mass is 910 g/mol. The average molecular weight is 911 g/mol. The fourth-order valence-electron chi connectivity index (χ4n) is 8.09. The van der Waals surface area contributed by atoms with Gasteiger partial charge in [0.1, 0.15) is 13.2 Å². The number of carbonyl (C=O) groups excluding carboxylic acids is 6. The highest BCUT2D eigenvalue weighted by atomic mass is 16.6. The number of benzene rings is 2. The van der Waals surface area contributed by atoms with Gasteiger partial charge < -0.3 is 57.5 Å². The molecule has 2 fully saturated rings. The lowest BCUT2D eigenvalue weighted by atomic mass is 10.1. The number of aliphatic hydroxyl groups excluding tert-OH is 1. The van der Waals surface area contributed by atoms with Gasteiger partial charge in [-0.15, -0.1) is 0 Å². The van der Waals surface area contributed by atoms with Gasteiger partial charge in [0.2, 0.25) is 0 Å². The molecule has 4 heterocycles. The number of esters is 2. The van der Waals surface area contributed by atoms with E-state index in [1.807, 2.05) is 0 Å². The number of hydrogen-bond acceptors (Lipinski definition) is 16. The Labute approximate surface area is 377 Å². The van der Waals surface area contributed by atoms with Crippen molar-refractivity contribution < 1.29 is 76.5 Å². The highest BCUT2D eigenvalue weighted by Crippen LogP contribution is 2.43. The van der Waals surface area contributed by atoms with E-state index in [0.717, 1.165) is 17.7 Å². The SMILES string of the molecule is C=CCOC(=O)N1c2cc(OCCCC(=O)OC)c(OC)cc2C(=O)N2CCC[C@H]2[C@@H]1O.C=CCOC(=O)N1c2cc(OCCCC(=O)OC)c(OC)cc2C(=O)N2CCC[C@H]2[C@@H]1OC. The van der Waals surface area contributed by atoms with Gasteiger partial charge in [-0.05, 0) is 50.7 Å². The predicted molar refractivity (Wildman–Crippen MR) is 232 cm³/mol. The van der Waals surface area contributed by atoms with Crippen LogP contribution in [0.15, 0.2) is 49.6 Å². The minimum Gasteiger partial charge on any atom is -0.493 e. The molecule has 2 saturated heterocycles. The number of hydrogen-bond donors (Lipinski definition) is 1. The smallest absolute Gasteiger partial charge is 0.416 e. The second kappa shape index (κ2) is 23.4. The number of amides is 4. The van der Waals surface area contributed by atoms with E-state index in [4.69, 9.17) is 33.2 Å². The van der Waals surface area contributed by atoms with Crippen LogP contribution in [0.5, 0.6) is 23.0 Å². The lowest BCUT2D eigenvalue weighted by Gasteiger charge is -2.34. The minimum atomic E-state index is -1.29. The normalized spacial score (nSPS) is 19.4. The summed E-state index contributed by atoms with van der Waals surface area (Å²) < 4.78 is 48.0. The van der Waals surface area contributed by atoms with Crippen molar-refractivity contribution in [3.8, 4) is 23.0 Å². The fourth-order valence-corrected chi connectivity index (χ4v) is 8.09. The Morgan fingerprint density at radius 3 is 1.55 bits per heavy atom. The second-order valence-electron chi connectivity index (χ2n) is 15.0. The molecule has 0 saturated carbocycles. The number of methoxy groups -OCH3 is 5. The largest absolute Gasteiger partial charge is 0.493 e. The number of anilines is 2. The summed E-state index contributed by atoms with van der Waals surface area (Å²) in [6.07, 6.45) is 3.36. The molecule has 20 nitrogen and oxygen atoms in total. The molecule has 0 aliphatic carbocycles. The van der Waals surface area contributed by atoms with Crippen LogP contribution in [0.3, 0.4) is 0 Å². The molecule has 4 amide bonds. The number of aliphatic hydroxyl groups is 1. The van der Waals surface area contributed by atoms with Crippen LogP contribution in [0.25, 0.3) is 0 Å². The Hall–Kier alpha value is -6.54. The molecule has 0 unspecified atom stereocenters. The van der Waals surface area contributed by atoms with Crippen LogP contribution >= 0.6 is 0 Å². The lowest BCUT2D eigenvalue weighted by molar-refractivity contribution is -0.141. The molecule has 0 aromatic heterocycles. The number of rotatable bonds is 17. The van der Waals surface area contributed by atoms with Gasteiger partial charge in [-0.3, -0.25) is 19.2 Å². The van der Waals surface area contributed by atoms with E-state index in [1.165, 1.54) is 64.7 Å². The first-order valence-electron chi connectivity index (χ1n) is 21.2. The lowest BCUT2D eigenvalue weighted by Crippen LogP contribution is -2.52. The molecular formula is C45H58N4O16. The molecule has 1 N–H and O–H groups in total. The van der Waals surface area contributed by atoms with Crippen molar-refractivity contribution in [1.82, 2.24) is 9.80 Å². The molecule has 2 aromatic rings. The maximum atomic E-state index is 13.4. The zero-order valence-electron chi connectivity index (χ0n) is 37.4. The summed E-state index contributed by atoms with van der Waals surface area (Å²) >= 11 is 0. The molecule has 4 aliphatic heterocycles. The molecule has 6 rings (SSSR count). The first-order chi connectivity index (χ1) is 31.4. The summed E-state index contributed by atoms with van der Waals surface area (Å²) in [6.45, 7) is 8.50. The minimum absolute atomic E-state index is 0.0104. The van der Waals surface area contributed by atoms with Crippen molar-refractivity contribution >= 4 is 47.3 Å². The first kappa shape index (κ1) is 49.5. The molecule has 0 spiro atoms. The maximum absolute atomic E-state index is 13.4. The highest BCUT2D eigenvalue weighted by Gasteiger charge is 2.47. The van der Waals surface area contributed by atoms with Crippen molar-refractivity contribution in [3.05, 3.63) is 60.7 Å². The summed E-state index contributed by atoms with van der Waals surface area (Å²) in [6, 6.07) is 5.24. The summed E-state index contributed by atoms with van der Waals surface area (Å²) in [7, 11) is 7.04. The second-order valence-corrected chi connectivity index (χ2v) is 15.0. The number of ether oxygens (including phenoxy) is 9. The quantitative estimate of drug-likeness (QED) is 0.0972. The van der Waals surface area contributed by atoms with Gasteiger partial charge in [0.05, 0.1) is 76.2 Å². The summed E-state index contributed by atoms with van der Waals surface area (Å²) in [5.74, 6) is 0.00544. The Morgan fingerprint density at radius 2 is 1.11 bits per heavy atom. The van der Waals surface area contributed by atoms with E-state index in [1.54, 1.807) is 21.9 Å². The molecule has 354 valence electrons. The number of carbonyl (C=O) groups is 6. The maximum Gasteiger partial charge on any atom is 0.416 e. The van der Waals surface area contributed by atoms with Crippen molar-refractivity contribution in [1.29, 1.82) is 0 Å². The van der Waals surface area contributed by atoms with Crippen LogP contribution in [0, 0.1) is 0 Å². The van der Waals surface area contributed by atoms with Crippen molar-refractivity contribution in [2.24, 2.45) is 0 Å². The van der Waals surface area contributed by atoms with Crippen LogP contribution in [-0.4, -0.2) is 150 Å². The van der Waals surface area contributed by atoms with Gasteiger partial charge in [0.15, 0.2) is 35.5 Å². The molecule has 0 radical (unpaired) electrons. The van der Waals surface area contributed by atoms with E-state index in [-0.39, 0.29) is 91.6 Å². The molecular weight excluding hydrogens is 853 g/mol. The standard InChI is InChI=1S/C23H30N2O8.C22H28N2O8/c1-5-11-33-23(28)25-17-14-19(32-12-7-9-20(26)30-3)18(29-2)13-15(17)21(27)24-10-6-8-16(24)22(25)31-4;1-4-10-32-22(28)24-16-13-18(31-11-6-8-19(25)30-3)17(29-2)12-14(16)20(26)23-9-5-7-15(23)21(24)27/h5,13-14,16,22H,1,6-12H2,2-4H3;4,12-13,15,21,27H,1,5-11H2,2-3H3/t16-,22-;15-,21-/m00/s1. The Balaban J connectivity index is 0.000000244. The van der Waals surface area contributed by atoms with Gasteiger partial charge >= 0.3 is 24.1 Å². The summed E-state index contributed by atoms with van der Waals surface area (Å²) in [5, 5.41) is 11.1. The highest BCUT2D eigenvalue weighted by molar-refractivity contribution is 6.07. The fraction of sp³-hybridized carbons (Fsp3) is 0.511. The third-order valence-corrected chi connectivity index (χ3v) is 11.2. The van der Waals surface area contributed by atoms with Gasteiger partial charge in [0.25, 0.3) is 11.8 Å². The van der Waals surface area contributed by atoms with E-state index in [2.05, 4.69) is 22.6 Å². The predicted octanol–water partition coefficient (Wildman–Crippen LogP) is 4.84. The van der Waals surface area contributed by atoms with E-state index >= 15 is 0 Å². The molecule has 65 heavy (non-hydrogen) atoms. The van der Waals surface area contributed by atoms with Crippen LogP contribution in [0.2, 0.25) is 0 Å². The van der Waals surface area contributed by atoms with Crippen LogP contribution < -0.4 is 28.7 Å². The third-order valence-electron chi connectivity index (χ3n) is 11.2.